The van der Waals surface area contributed by atoms with E-state index in [4.69, 9.17) is 0 Å². The zero-order valence-electron chi connectivity index (χ0n) is 12.9. The summed E-state index contributed by atoms with van der Waals surface area (Å²) < 4.78 is 4.11. The molecule has 3 rings (SSSR count). The molecular formula is C17H22N4. The summed E-state index contributed by atoms with van der Waals surface area (Å²) in [6.07, 6.45) is 4.14. The predicted octanol–water partition coefficient (Wildman–Crippen LogP) is 2.92. The Hall–Kier alpha value is -2.07. The first-order valence-electron chi connectivity index (χ1n) is 7.42. The molecule has 0 aliphatic heterocycles. The van der Waals surface area contributed by atoms with E-state index in [9.17, 15) is 0 Å². The Balaban J connectivity index is 1.89. The lowest BCUT2D eigenvalue weighted by molar-refractivity contribution is 0.590. The third-order valence-corrected chi connectivity index (χ3v) is 3.71. The summed E-state index contributed by atoms with van der Waals surface area (Å²) in [7, 11) is 1.95. The molecule has 0 bridgehead atoms. The van der Waals surface area contributed by atoms with E-state index in [1.54, 1.807) is 0 Å². The van der Waals surface area contributed by atoms with Crippen molar-refractivity contribution in [1.29, 1.82) is 0 Å². The number of nitrogens with zero attached hydrogens (tertiary/aromatic N) is 3. The number of rotatable bonds is 5. The Kier molecular flexibility index (Phi) is 3.80. The predicted molar refractivity (Wildman–Crippen MR) is 86.2 cm³/mol. The van der Waals surface area contributed by atoms with Gasteiger partial charge in [-0.1, -0.05) is 26.0 Å². The Bertz CT molecular complexity index is 736. The minimum atomic E-state index is 0.496. The topological polar surface area (TPSA) is 34.8 Å². The molecule has 0 amide bonds. The van der Waals surface area contributed by atoms with Gasteiger partial charge in [0, 0.05) is 42.9 Å². The van der Waals surface area contributed by atoms with E-state index < -0.39 is 0 Å². The molecule has 0 fully saturated rings. The summed E-state index contributed by atoms with van der Waals surface area (Å²) in [6.45, 7) is 6.06. The lowest BCUT2D eigenvalue weighted by Gasteiger charge is -2.10. The highest BCUT2D eigenvalue weighted by Gasteiger charge is 2.07. The fourth-order valence-electron chi connectivity index (χ4n) is 2.62. The van der Waals surface area contributed by atoms with Crippen LogP contribution >= 0.6 is 0 Å². The van der Waals surface area contributed by atoms with Gasteiger partial charge in [-0.15, -0.1) is 0 Å². The molecule has 0 aliphatic rings. The standard InChI is InChI=1S/C17H22N4/c1-13(2)18-11-14-5-4-6-17-16(14)8-10-21(17)12-15-7-9-20(3)19-15/h4-10,13,18H,11-12H2,1-3H3. The second-order valence-corrected chi connectivity index (χ2v) is 5.81. The molecule has 0 aliphatic carbocycles. The maximum Gasteiger partial charge on any atom is 0.0821 e. The number of aryl methyl sites for hydroxylation is 1. The lowest BCUT2D eigenvalue weighted by Crippen LogP contribution is -2.21. The minimum absolute atomic E-state index is 0.496. The van der Waals surface area contributed by atoms with Gasteiger partial charge in [-0.2, -0.15) is 5.10 Å². The molecule has 21 heavy (non-hydrogen) atoms. The van der Waals surface area contributed by atoms with Gasteiger partial charge < -0.3 is 9.88 Å². The van der Waals surface area contributed by atoms with Crippen LogP contribution in [0.5, 0.6) is 0 Å². The highest BCUT2D eigenvalue weighted by molar-refractivity contribution is 5.83. The van der Waals surface area contributed by atoms with Gasteiger partial charge in [0.1, 0.15) is 0 Å². The van der Waals surface area contributed by atoms with Crippen molar-refractivity contribution in [2.75, 3.05) is 0 Å². The lowest BCUT2D eigenvalue weighted by atomic mass is 10.1. The molecule has 4 heteroatoms. The zero-order chi connectivity index (χ0) is 14.8. The van der Waals surface area contributed by atoms with Gasteiger partial charge in [-0.25, -0.2) is 0 Å². The van der Waals surface area contributed by atoms with E-state index in [-0.39, 0.29) is 0 Å². The second-order valence-electron chi connectivity index (χ2n) is 5.81. The molecule has 3 aromatic rings. The highest BCUT2D eigenvalue weighted by atomic mass is 15.3. The molecule has 0 spiro atoms. The second kappa shape index (κ2) is 5.74. The molecule has 0 atom stereocenters. The van der Waals surface area contributed by atoms with Crippen LogP contribution in [0.2, 0.25) is 0 Å². The molecule has 0 saturated heterocycles. The maximum absolute atomic E-state index is 4.46. The minimum Gasteiger partial charge on any atom is -0.341 e. The van der Waals surface area contributed by atoms with Crippen molar-refractivity contribution in [2.45, 2.75) is 33.0 Å². The van der Waals surface area contributed by atoms with Crippen LogP contribution in [0, 0.1) is 0 Å². The van der Waals surface area contributed by atoms with E-state index in [0.717, 1.165) is 18.8 Å². The summed E-state index contributed by atoms with van der Waals surface area (Å²) in [5.74, 6) is 0. The van der Waals surface area contributed by atoms with E-state index >= 15 is 0 Å². The molecule has 1 aromatic carbocycles. The van der Waals surface area contributed by atoms with E-state index in [1.807, 2.05) is 17.9 Å². The maximum atomic E-state index is 4.46. The largest absolute Gasteiger partial charge is 0.341 e. The van der Waals surface area contributed by atoms with Gasteiger partial charge in [0.2, 0.25) is 0 Å². The smallest absolute Gasteiger partial charge is 0.0821 e. The number of hydrogen-bond acceptors (Lipinski definition) is 2. The molecule has 0 radical (unpaired) electrons. The van der Waals surface area contributed by atoms with Crippen molar-refractivity contribution < 1.29 is 0 Å². The van der Waals surface area contributed by atoms with Crippen LogP contribution in [0.1, 0.15) is 25.1 Å². The van der Waals surface area contributed by atoms with Crippen LogP contribution in [-0.4, -0.2) is 20.4 Å². The number of nitrogens with one attached hydrogen (secondary N) is 1. The average Bonchev–Trinajstić information content (AvgIpc) is 3.04. The van der Waals surface area contributed by atoms with E-state index in [1.165, 1.54) is 16.5 Å². The molecule has 0 unspecified atom stereocenters. The van der Waals surface area contributed by atoms with Gasteiger partial charge in [-0.3, -0.25) is 4.68 Å². The van der Waals surface area contributed by atoms with Gasteiger partial charge >= 0.3 is 0 Å². The van der Waals surface area contributed by atoms with Gasteiger partial charge in [0.15, 0.2) is 0 Å². The van der Waals surface area contributed by atoms with Crippen molar-refractivity contribution in [3.05, 3.63) is 54.0 Å². The fourth-order valence-corrected chi connectivity index (χ4v) is 2.62. The Morgan fingerprint density at radius 3 is 2.71 bits per heavy atom. The average molecular weight is 282 g/mol. The number of hydrogen-bond donors (Lipinski definition) is 1. The normalized spacial score (nSPS) is 11.6. The summed E-state index contributed by atoms with van der Waals surface area (Å²) in [5.41, 5.74) is 3.70. The molecule has 2 heterocycles. The van der Waals surface area contributed by atoms with Crippen LogP contribution < -0.4 is 5.32 Å². The van der Waals surface area contributed by atoms with Crippen molar-refractivity contribution in [2.24, 2.45) is 7.05 Å². The van der Waals surface area contributed by atoms with Gasteiger partial charge in [-0.05, 0) is 23.8 Å². The third kappa shape index (κ3) is 3.00. The van der Waals surface area contributed by atoms with Crippen LogP contribution in [0.4, 0.5) is 0 Å². The first kappa shape index (κ1) is 13.9. The fraction of sp³-hybridized carbons (Fsp3) is 0.353. The molecule has 4 nitrogen and oxygen atoms in total. The number of benzene rings is 1. The monoisotopic (exact) mass is 282 g/mol. The number of fused-ring (bicyclic) bond motifs is 1. The summed E-state index contributed by atoms with van der Waals surface area (Å²) in [6, 6.07) is 11.3. The SMILES string of the molecule is CC(C)NCc1cccc2c1ccn2Cc1ccn(C)n1. The van der Waals surface area contributed by atoms with Crippen LogP contribution in [0.15, 0.2) is 42.7 Å². The quantitative estimate of drug-likeness (QED) is 0.781. The van der Waals surface area contributed by atoms with E-state index in [0.29, 0.717) is 6.04 Å². The molecule has 1 N–H and O–H groups in total. The van der Waals surface area contributed by atoms with Crippen molar-refractivity contribution in [3.8, 4) is 0 Å². The molecular weight excluding hydrogens is 260 g/mol. The Morgan fingerprint density at radius 1 is 1.14 bits per heavy atom. The zero-order valence-corrected chi connectivity index (χ0v) is 12.9. The molecule has 0 saturated carbocycles. The van der Waals surface area contributed by atoms with Gasteiger partial charge in [0.05, 0.1) is 12.2 Å². The van der Waals surface area contributed by atoms with Crippen molar-refractivity contribution in [3.63, 3.8) is 0 Å². The Labute approximate surface area is 125 Å². The van der Waals surface area contributed by atoms with Crippen molar-refractivity contribution in [1.82, 2.24) is 19.7 Å². The van der Waals surface area contributed by atoms with E-state index in [2.05, 4.69) is 65.4 Å². The first-order chi connectivity index (χ1) is 10.1. The molecule has 110 valence electrons. The highest BCUT2D eigenvalue weighted by Crippen LogP contribution is 2.21. The molecule has 2 aromatic heterocycles. The first-order valence-corrected chi connectivity index (χ1v) is 7.42. The third-order valence-electron chi connectivity index (χ3n) is 3.71. The van der Waals surface area contributed by atoms with Crippen molar-refractivity contribution >= 4 is 10.9 Å². The number of aromatic nitrogens is 3. The van der Waals surface area contributed by atoms with Crippen LogP contribution in [0.25, 0.3) is 10.9 Å². The van der Waals surface area contributed by atoms with Gasteiger partial charge in [0.25, 0.3) is 0 Å². The Morgan fingerprint density at radius 2 is 2.00 bits per heavy atom. The summed E-state index contributed by atoms with van der Waals surface area (Å²) >= 11 is 0. The van der Waals surface area contributed by atoms with Crippen LogP contribution in [0.3, 0.4) is 0 Å². The van der Waals surface area contributed by atoms with Crippen LogP contribution in [-0.2, 0) is 20.1 Å². The summed E-state index contributed by atoms with van der Waals surface area (Å²) in [4.78, 5) is 0. The summed E-state index contributed by atoms with van der Waals surface area (Å²) in [5, 5.41) is 9.27.